The van der Waals surface area contributed by atoms with Gasteiger partial charge in [0, 0.05) is 37.5 Å². The predicted molar refractivity (Wildman–Crippen MR) is 172 cm³/mol. The molecule has 0 aromatic heterocycles. The fourth-order valence-electron chi connectivity index (χ4n) is 3.98. The Morgan fingerprint density at radius 3 is 2.23 bits per heavy atom. The third kappa shape index (κ3) is 18.0. The smallest absolute Gasteiger partial charge is 0.312 e. The number of hydrogen-bond donors (Lipinski definition) is 8. The SMILES string of the molecule is COCCOCCOCC(=O)N[C@H](C(=O)N[C@@H](CCCNC(N)=O)C(=O)Nc1ccc(CO)c(OCC(=O)NCCCN)c1)C(C)C. The summed E-state index contributed by atoms with van der Waals surface area (Å²) in [5, 5.41) is 22.9. The number of urea groups is 1. The van der Waals surface area contributed by atoms with Gasteiger partial charge in [-0.15, -0.1) is 0 Å². The van der Waals surface area contributed by atoms with Crippen LogP contribution >= 0.6 is 0 Å². The summed E-state index contributed by atoms with van der Waals surface area (Å²) in [6, 6.07) is 1.72. The Bertz CT molecular complexity index is 1120. The summed E-state index contributed by atoms with van der Waals surface area (Å²) in [6.45, 7) is 4.74. The highest BCUT2D eigenvalue weighted by Crippen LogP contribution is 2.24. The topological polar surface area (TPSA) is 255 Å². The summed E-state index contributed by atoms with van der Waals surface area (Å²) >= 11 is 0. The zero-order chi connectivity index (χ0) is 35.0. The molecule has 0 aliphatic heterocycles. The van der Waals surface area contributed by atoms with E-state index in [1.807, 2.05) is 0 Å². The highest BCUT2D eigenvalue weighted by Gasteiger charge is 2.29. The Kier molecular flexibility index (Phi) is 21.1. The fraction of sp³-hybridized carbons (Fsp3) is 0.633. The van der Waals surface area contributed by atoms with Crippen molar-refractivity contribution in [2.75, 3.05) is 71.7 Å². The summed E-state index contributed by atoms with van der Waals surface area (Å²) in [6.07, 6.45) is 1.01. The molecule has 0 aliphatic carbocycles. The monoisotopic (exact) mass is 669 g/mol. The third-order valence-electron chi connectivity index (χ3n) is 6.47. The predicted octanol–water partition coefficient (Wildman–Crippen LogP) is -1.29. The molecular weight excluding hydrogens is 618 g/mol. The Morgan fingerprint density at radius 2 is 1.57 bits per heavy atom. The number of carbonyl (C=O) groups is 5. The molecule has 0 bridgehead atoms. The van der Waals surface area contributed by atoms with Crippen molar-refractivity contribution in [1.29, 1.82) is 0 Å². The van der Waals surface area contributed by atoms with Crippen molar-refractivity contribution in [3.8, 4) is 5.75 Å². The van der Waals surface area contributed by atoms with Crippen molar-refractivity contribution in [2.24, 2.45) is 17.4 Å². The quantitative estimate of drug-likeness (QED) is 0.0569. The van der Waals surface area contributed by atoms with Gasteiger partial charge in [0.05, 0.1) is 33.0 Å². The first kappa shape index (κ1) is 41.0. The van der Waals surface area contributed by atoms with E-state index in [1.54, 1.807) is 21.0 Å². The summed E-state index contributed by atoms with van der Waals surface area (Å²) < 4.78 is 21.1. The molecule has 1 aromatic rings. The van der Waals surface area contributed by atoms with Crippen molar-refractivity contribution in [3.05, 3.63) is 23.8 Å². The number of aliphatic hydroxyl groups is 1. The van der Waals surface area contributed by atoms with Crippen molar-refractivity contribution in [2.45, 2.75) is 51.8 Å². The second-order valence-corrected chi connectivity index (χ2v) is 10.7. The molecule has 47 heavy (non-hydrogen) atoms. The lowest BCUT2D eigenvalue weighted by Crippen LogP contribution is -2.55. The van der Waals surface area contributed by atoms with E-state index in [2.05, 4.69) is 26.6 Å². The number of hydrogen-bond acceptors (Lipinski definition) is 11. The minimum absolute atomic E-state index is 0.115. The molecule has 0 saturated carbocycles. The summed E-state index contributed by atoms with van der Waals surface area (Å²) in [5.74, 6) is -2.25. The van der Waals surface area contributed by atoms with Gasteiger partial charge < -0.3 is 62.1 Å². The molecule has 0 aliphatic rings. The highest BCUT2D eigenvalue weighted by molar-refractivity contribution is 5.98. The second kappa shape index (κ2) is 24.2. The zero-order valence-corrected chi connectivity index (χ0v) is 27.4. The zero-order valence-electron chi connectivity index (χ0n) is 27.4. The molecule has 0 radical (unpaired) electrons. The van der Waals surface area contributed by atoms with Gasteiger partial charge in [0.2, 0.25) is 17.7 Å². The van der Waals surface area contributed by atoms with Crippen LogP contribution in [0.4, 0.5) is 10.5 Å². The van der Waals surface area contributed by atoms with Crippen molar-refractivity contribution < 1.29 is 48.0 Å². The molecule has 6 amide bonds. The van der Waals surface area contributed by atoms with Gasteiger partial charge in [-0.3, -0.25) is 19.2 Å². The second-order valence-electron chi connectivity index (χ2n) is 10.7. The molecule has 1 rings (SSSR count). The number of nitrogens with two attached hydrogens (primary N) is 2. The van der Waals surface area contributed by atoms with E-state index in [-0.39, 0.29) is 75.7 Å². The Balaban J connectivity index is 2.93. The van der Waals surface area contributed by atoms with Crippen LogP contribution in [0.2, 0.25) is 0 Å². The Labute approximate surface area is 275 Å². The maximum absolute atomic E-state index is 13.4. The minimum atomic E-state index is -1.08. The molecule has 17 nitrogen and oxygen atoms in total. The van der Waals surface area contributed by atoms with Crippen LogP contribution in [0, 0.1) is 5.92 Å². The van der Waals surface area contributed by atoms with E-state index in [4.69, 9.17) is 30.4 Å². The normalized spacial score (nSPS) is 12.1. The van der Waals surface area contributed by atoms with Gasteiger partial charge in [-0.25, -0.2) is 4.79 Å². The number of anilines is 1. The standard InChI is InChI=1S/C30H51N7O10/c1-20(2)27(37-26(40)18-46-15-14-45-13-12-44-3)29(42)36-23(6-4-10-34-30(32)43)28(41)35-22-8-7-21(17-38)24(16-22)47-19-25(39)33-11-5-9-31/h7-8,16,20,23,27,38H,4-6,9-15,17-19,31H2,1-3H3,(H,33,39)(H,35,41)(H,36,42)(H,37,40)(H3,32,34,43)/t23-,27-/m0/s1. The molecule has 0 saturated heterocycles. The van der Waals surface area contributed by atoms with E-state index < -0.39 is 35.8 Å². The fourth-order valence-corrected chi connectivity index (χ4v) is 3.98. The number of rotatable bonds is 25. The van der Waals surface area contributed by atoms with Crippen LogP contribution in [0.1, 0.15) is 38.7 Å². The van der Waals surface area contributed by atoms with E-state index in [0.717, 1.165) is 0 Å². The maximum atomic E-state index is 13.4. The Morgan fingerprint density at radius 1 is 0.872 bits per heavy atom. The molecule has 2 atom stereocenters. The van der Waals surface area contributed by atoms with Gasteiger partial charge in [-0.1, -0.05) is 19.9 Å². The lowest BCUT2D eigenvalue weighted by Gasteiger charge is -2.25. The number of ether oxygens (including phenoxy) is 4. The van der Waals surface area contributed by atoms with E-state index in [1.165, 1.54) is 18.2 Å². The third-order valence-corrected chi connectivity index (χ3v) is 6.47. The molecule has 10 N–H and O–H groups in total. The van der Waals surface area contributed by atoms with Gasteiger partial charge in [0.1, 0.15) is 24.4 Å². The molecule has 0 unspecified atom stereocenters. The van der Waals surface area contributed by atoms with Crippen molar-refractivity contribution in [3.63, 3.8) is 0 Å². The molecule has 266 valence electrons. The van der Waals surface area contributed by atoms with Gasteiger partial charge in [0.25, 0.3) is 5.91 Å². The highest BCUT2D eigenvalue weighted by atomic mass is 16.5. The first-order valence-corrected chi connectivity index (χ1v) is 15.4. The van der Waals surface area contributed by atoms with Crippen LogP contribution in [0.5, 0.6) is 5.75 Å². The molecule has 0 fully saturated rings. The average Bonchev–Trinajstić information content (AvgIpc) is 3.03. The first-order chi connectivity index (χ1) is 22.5. The summed E-state index contributed by atoms with van der Waals surface area (Å²) in [4.78, 5) is 62.4. The molecular formula is C30H51N7O10. The van der Waals surface area contributed by atoms with E-state index in [9.17, 15) is 29.1 Å². The van der Waals surface area contributed by atoms with Crippen molar-refractivity contribution in [1.82, 2.24) is 21.3 Å². The van der Waals surface area contributed by atoms with Gasteiger partial charge in [-0.05, 0) is 37.8 Å². The molecule has 0 heterocycles. The summed E-state index contributed by atoms with van der Waals surface area (Å²) in [5.41, 5.74) is 11.2. The van der Waals surface area contributed by atoms with Gasteiger partial charge in [0.15, 0.2) is 6.61 Å². The lowest BCUT2D eigenvalue weighted by molar-refractivity contribution is -0.134. The van der Waals surface area contributed by atoms with Crippen LogP contribution in [0.3, 0.4) is 0 Å². The number of primary amides is 1. The first-order valence-electron chi connectivity index (χ1n) is 15.4. The van der Waals surface area contributed by atoms with E-state index >= 15 is 0 Å². The van der Waals surface area contributed by atoms with Crippen LogP contribution < -0.4 is 42.8 Å². The number of methoxy groups -OCH3 is 1. The van der Waals surface area contributed by atoms with Crippen LogP contribution in [0.15, 0.2) is 18.2 Å². The Hall–Kier alpha value is -4.03. The van der Waals surface area contributed by atoms with Crippen molar-refractivity contribution >= 4 is 35.3 Å². The lowest BCUT2D eigenvalue weighted by atomic mass is 10.0. The largest absolute Gasteiger partial charge is 0.483 e. The molecule has 1 aromatic carbocycles. The van der Waals surface area contributed by atoms with Gasteiger partial charge >= 0.3 is 6.03 Å². The van der Waals surface area contributed by atoms with Crippen LogP contribution in [-0.4, -0.2) is 113 Å². The number of amides is 6. The maximum Gasteiger partial charge on any atom is 0.312 e. The van der Waals surface area contributed by atoms with Crippen LogP contribution in [-0.2, 0) is 40.0 Å². The number of nitrogens with one attached hydrogen (secondary N) is 5. The minimum Gasteiger partial charge on any atom is -0.483 e. The van der Waals surface area contributed by atoms with Gasteiger partial charge in [-0.2, -0.15) is 0 Å². The molecule has 0 spiro atoms. The number of carbonyl (C=O) groups excluding carboxylic acids is 5. The van der Waals surface area contributed by atoms with E-state index in [0.29, 0.717) is 38.3 Å². The molecule has 17 heteroatoms. The average molecular weight is 670 g/mol. The van der Waals surface area contributed by atoms with Crippen LogP contribution in [0.25, 0.3) is 0 Å². The number of aliphatic hydroxyl groups excluding tert-OH is 1. The summed E-state index contributed by atoms with van der Waals surface area (Å²) in [7, 11) is 1.56. The number of benzene rings is 1.